The average molecular weight is 400 g/mol. The zero-order valence-corrected chi connectivity index (χ0v) is 15.4. The van der Waals surface area contributed by atoms with Crippen LogP contribution in [0.25, 0.3) is 0 Å². The van der Waals surface area contributed by atoms with E-state index in [1.165, 1.54) is 26.4 Å². The highest BCUT2D eigenvalue weighted by Crippen LogP contribution is 2.50. The molecule has 2 aromatic carbocycles. The van der Waals surface area contributed by atoms with Crippen molar-refractivity contribution in [3.05, 3.63) is 52.1 Å². The van der Waals surface area contributed by atoms with Gasteiger partial charge >= 0.3 is 13.5 Å². The lowest BCUT2D eigenvalue weighted by atomic mass is 10.2. The first-order valence-electron chi connectivity index (χ1n) is 6.98. The number of non-ortho nitro benzene ring substituents is 1. The fraction of sp³-hybridized carbons (Fsp3) is 0.133. The molecule has 26 heavy (non-hydrogen) atoms. The summed E-state index contributed by atoms with van der Waals surface area (Å²) in [7, 11) is -1.93. The minimum absolute atomic E-state index is 0.203. The molecule has 0 amide bonds. The molecule has 0 fully saturated rings. The van der Waals surface area contributed by atoms with Crippen LogP contribution < -0.4 is 9.47 Å². The van der Waals surface area contributed by atoms with E-state index in [-0.39, 0.29) is 10.5 Å². The summed E-state index contributed by atoms with van der Waals surface area (Å²) in [5.74, 6) is 0.920. The Balaban J connectivity index is 2.49. The first kappa shape index (κ1) is 20.1. The summed E-state index contributed by atoms with van der Waals surface area (Å²) < 4.78 is 10.3. The van der Waals surface area contributed by atoms with Gasteiger partial charge < -0.3 is 9.47 Å². The van der Waals surface area contributed by atoms with Crippen molar-refractivity contribution in [2.45, 2.75) is 9.79 Å². The number of methoxy groups -OCH3 is 2. The highest BCUT2D eigenvalue weighted by molar-refractivity contribution is 7.99. The number of carbonyl (C=O) groups excluding carboxylic acids is 1. The van der Waals surface area contributed by atoms with Crippen molar-refractivity contribution < 1.29 is 33.9 Å². The van der Waals surface area contributed by atoms with Gasteiger partial charge in [-0.2, -0.15) is 14.7 Å². The second-order valence-corrected chi connectivity index (χ2v) is 7.59. The molecule has 138 valence electrons. The van der Waals surface area contributed by atoms with Crippen molar-refractivity contribution in [3.63, 3.8) is 0 Å². The van der Waals surface area contributed by atoms with E-state index in [0.717, 1.165) is 17.8 Å². The van der Waals surface area contributed by atoms with Gasteiger partial charge in [-0.05, 0) is 24.3 Å². The number of hydrogen-bond acceptors (Lipinski definition) is 9. The maximum Gasteiger partial charge on any atom is 0.483 e. The Morgan fingerprint density at radius 3 is 2.27 bits per heavy atom. The minimum Gasteiger partial charge on any atom is -0.493 e. The van der Waals surface area contributed by atoms with Crippen LogP contribution in [0.3, 0.4) is 0 Å². The quantitative estimate of drug-likeness (QED) is 0.363. The SMILES string of the molecule is COc1ccc(Sc2ccc([N+](=O)[O-])cc2C(=O)[P+](O)(O)O)cc1OC. The number of nitro groups is 1. The maximum atomic E-state index is 12.1. The summed E-state index contributed by atoms with van der Waals surface area (Å²) >= 11 is 1.03. The number of carbonyl (C=O) groups is 1. The molecule has 0 atom stereocenters. The van der Waals surface area contributed by atoms with Crippen molar-refractivity contribution in [1.82, 2.24) is 0 Å². The fourth-order valence-corrected chi connectivity index (χ4v) is 3.59. The molecule has 0 bridgehead atoms. The first-order valence-corrected chi connectivity index (χ1v) is 9.44. The van der Waals surface area contributed by atoms with Crippen molar-refractivity contribution in [2.24, 2.45) is 0 Å². The van der Waals surface area contributed by atoms with Crippen LogP contribution in [-0.2, 0) is 0 Å². The Morgan fingerprint density at radius 2 is 1.73 bits per heavy atom. The topological polar surface area (TPSA) is 139 Å². The number of benzene rings is 2. The van der Waals surface area contributed by atoms with Gasteiger partial charge in [0.15, 0.2) is 11.5 Å². The van der Waals surface area contributed by atoms with E-state index in [9.17, 15) is 29.6 Å². The first-order chi connectivity index (χ1) is 12.2. The zero-order valence-electron chi connectivity index (χ0n) is 13.6. The van der Waals surface area contributed by atoms with Crippen molar-refractivity contribution >= 4 is 30.9 Å². The molecule has 0 heterocycles. The number of hydrogen-bond donors (Lipinski definition) is 3. The van der Waals surface area contributed by atoms with Gasteiger partial charge in [-0.15, -0.1) is 0 Å². The minimum atomic E-state index is -4.86. The average Bonchev–Trinajstić information content (AvgIpc) is 2.60. The van der Waals surface area contributed by atoms with E-state index in [4.69, 9.17) is 9.47 Å². The number of rotatable bonds is 7. The van der Waals surface area contributed by atoms with Crippen LogP contribution in [0.1, 0.15) is 10.4 Å². The third kappa shape index (κ3) is 4.48. The Hall–Kier alpha value is -2.23. The molecule has 9 nitrogen and oxygen atoms in total. The third-order valence-electron chi connectivity index (χ3n) is 3.26. The van der Waals surface area contributed by atoms with Crippen molar-refractivity contribution in [3.8, 4) is 11.5 Å². The molecular formula is C15H15NO8PS+. The number of nitrogens with zero attached hydrogens (tertiary/aromatic N) is 1. The zero-order chi connectivity index (χ0) is 19.5. The van der Waals surface area contributed by atoms with Crippen LogP contribution in [0.5, 0.6) is 11.5 Å². The molecule has 0 aliphatic rings. The summed E-state index contributed by atoms with van der Waals surface area (Å²) in [5, 5.41) is 10.9. The lowest BCUT2D eigenvalue weighted by molar-refractivity contribution is -0.384. The van der Waals surface area contributed by atoms with Gasteiger partial charge in [0.1, 0.15) is 0 Å². The van der Waals surface area contributed by atoms with E-state index >= 15 is 0 Å². The lowest BCUT2D eigenvalue weighted by Gasteiger charge is -2.11. The molecule has 0 saturated heterocycles. The number of nitro benzene ring substituents is 1. The van der Waals surface area contributed by atoms with Gasteiger partial charge in [-0.1, -0.05) is 11.8 Å². The largest absolute Gasteiger partial charge is 0.493 e. The van der Waals surface area contributed by atoms with E-state index in [1.54, 1.807) is 18.2 Å². The molecule has 0 aliphatic carbocycles. The second-order valence-electron chi connectivity index (χ2n) is 4.93. The smallest absolute Gasteiger partial charge is 0.483 e. The van der Waals surface area contributed by atoms with Crippen LogP contribution in [0.2, 0.25) is 0 Å². The summed E-state index contributed by atoms with van der Waals surface area (Å²) in [5.41, 5.74) is -2.15. The van der Waals surface area contributed by atoms with Crippen LogP contribution in [0.4, 0.5) is 5.69 Å². The molecule has 0 spiro atoms. The Bertz CT molecular complexity index is 852. The van der Waals surface area contributed by atoms with Gasteiger partial charge in [-0.25, -0.2) is 4.79 Å². The molecule has 0 saturated carbocycles. The highest BCUT2D eigenvalue weighted by atomic mass is 32.2. The van der Waals surface area contributed by atoms with E-state index in [2.05, 4.69) is 0 Å². The highest BCUT2D eigenvalue weighted by Gasteiger charge is 2.45. The van der Waals surface area contributed by atoms with Crippen LogP contribution >= 0.6 is 19.7 Å². The Morgan fingerprint density at radius 1 is 1.08 bits per heavy atom. The predicted molar refractivity (Wildman–Crippen MR) is 94.7 cm³/mol. The van der Waals surface area contributed by atoms with Gasteiger partial charge in [-0.3, -0.25) is 10.1 Å². The summed E-state index contributed by atoms with van der Waals surface area (Å²) in [4.78, 5) is 50.9. The molecule has 0 unspecified atom stereocenters. The van der Waals surface area contributed by atoms with E-state index in [0.29, 0.717) is 16.4 Å². The Kier molecular flexibility index (Phi) is 6.17. The summed E-state index contributed by atoms with van der Waals surface area (Å²) in [6, 6.07) is 8.28. The molecular weight excluding hydrogens is 385 g/mol. The summed E-state index contributed by atoms with van der Waals surface area (Å²) in [6.45, 7) is 0. The molecule has 0 radical (unpaired) electrons. The molecule has 2 rings (SSSR count). The molecule has 2 aromatic rings. The number of ether oxygens (including phenoxy) is 2. The standard InChI is InChI=1S/C15H15NO8PS/c1-23-12-5-4-10(8-13(12)24-2)26-14-6-3-9(16(18)19)7-11(14)15(17)25(20,21)22/h3-8,20-22H,1-2H3/q+1. The monoisotopic (exact) mass is 400 g/mol. The van der Waals surface area contributed by atoms with E-state index < -0.39 is 24.1 Å². The van der Waals surface area contributed by atoms with Crippen molar-refractivity contribution in [2.75, 3.05) is 14.2 Å². The van der Waals surface area contributed by atoms with E-state index in [1.807, 2.05) is 0 Å². The molecule has 0 aromatic heterocycles. The normalized spacial score (nSPS) is 11.1. The maximum absolute atomic E-state index is 12.1. The molecule has 0 aliphatic heterocycles. The van der Waals surface area contributed by atoms with Crippen LogP contribution in [0, 0.1) is 10.1 Å². The molecule has 11 heteroatoms. The molecule has 3 N–H and O–H groups in total. The van der Waals surface area contributed by atoms with Gasteiger partial charge in [0, 0.05) is 21.9 Å². The van der Waals surface area contributed by atoms with Gasteiger partial charge in [0.2, 0.25) is 0 Å². The van der Waals surface area contributed by atoms with Crippen LogP contribution in [0.15, 0.2) is 46.2 Å². The third-order valence-corrected chi connectivity index (χ3v) is 5.11. The fourth-order valence-electron chi connectivity index (χ4n) is 2.06. The Labute approximate surface area is 152 Å². The summed E-state index contributed by atoms with van der Waals surface area (Å²) in [6.07, 6.45) is 0. The van der Waals surface area contributed by atoms with Crippen molar-refractivity contribution in [1.29, 1.82) is 0 Å². The van der Waals surface area contributed by atoms with Gasteiger partial charge in [0.05, 0.1) is 24.7 Å². The second kappa shape index (κ2) is 7.98. The van der Waals surface area contributed by atoms with Gasteiger partial charge in [0.25, 0.3) is 5.69 Å². The van der Waals surface area contributed by atoms with Crippen LogP contribution in [-0.4, -0.2) is 39.3 Å². The lowest BCUT2D eigenvalue weighted by Crippen LogP contribution is -2.07. The predicted octanol–water partition coefficient (Wildman–Crippen LogP) is 2.64.